The molecule has 22 heavy (non-hydrogen) atoms. The molecular formula is C19H24N2O. The van der Waals surface area contributed by atoms with Crippen LogP contribution in [0.4, 0.5) is 11.4 Å². The third-order valence-electron chi connectivity index (χ3n) is 4.10. The first-order valence-corrected chi connectivity index (χ1v) is 7.79. The Kier molecular flexibility index (Phi) is 5.21. The summed E-state index contributed by atoms with van der Waals surface area (Å²) in [6.07, 6.45) is 1.63. The highest BCUT2D eigenvalue weighted by atomic mass is 16.5. The molecule has 0 aliphatic rings. The van der Waals surface area contributed by atoms with E-state index in [0.717, 1.165) is 34.5 Å². The normalized spacial score (nSPS) is 11.5. The Morgan fingerprint density at radius 2 is 1.64 bits per heavy atom. The lowest BCUT2D eigenvalue weighted by Crippen LogP contribution is -2.21. The van der Waals surface area contributed by atoms with Crippen molar-refractivity contribution in [2.45, 2.75) is 27.7 Å². The van der Waals surface area contributed by atoms with Crippen LogP contribution in [0, 0.1) is 19.1 Å². The van der Waals surface area contributed by atoms with Crippen molar-refractivity contribution < 1.29 is 4.74 Å². The van der Waals surface area contributed by atoms with Gasteiger partial charge in [-0.3, -0.25) is 0 Å². The maximum atomic E-state index is 12.4. The Hall–Kier alpha value is -2.29. The molecule has 0 N–H and O–H groups in total. The minimum atomic E-state index is 0.702. The van der Waals surface area contributed by atoms with Crippen molar-refractivity contribution in [2.24, 2.45) is 0 Å². The fourth-order valence-corrected chi connectivity index (χ4v) is 2.54. The number of rotatable bonds is 5. The monoisotopic (exact) mass is 296 g/mol. The molecule has 0 amide bonds. The van der Waals surface area contributed by atoms with Gasteiger partial charge in [0, 0.05) is 36.0 Å². The van der Waals surface area contributed by atoms with E-state index in [1.165, 1.54) is 5.69 Å². The molecule has 2 rings (SSSR count). The lowest BCUT2D eigenvalue weighted by Gasteiger charge is -2.20. The average Bonchev–Trinajstić information content (AvgIpc) is 2.52. The van der Waals surface area contributed by atoms with Gasteiger partial charge in [0.25, 0.3) is 0 Å². The molecule has 0 atom stereocenters. The van der Waals surface area contributed by atoms with Gasteiger partial charge < -0.3 is 10.1 Å². The zero-order valence-electron chi connectivity index (χ0n) is 13.8. The molecule has 3 nitrogen and oxygen atoms in total. The quantitative estimate of drug-likeness (QED) is 0.354. The number of aryl methyl sites for hydroxylation is 1. The summed E-state index contributed by atoms with van der Waals surface area (Å²) in [5.74, 6) is 0. The summed E-state index contributed by atoms with van der Waals surface area (Å²) >= 11 is 0. The molecule has 116 valence electrons. The molecule has 0 aliphatic carbocycles. The molecule has 0 spiro atoms. The van der Waals surface area contributed by atoms with E-state index >= 15 is 0 Å². The minimum absolute atomic E-state index is 0.702. The van der Waals surface area contributed by atoms with Gasteiger partial charge in [-0.2, -0.15) is 4.74 Å². The molecular weight excluding hydrogens is 272 g/mol. The molecule has 0 fully saturated rings. The molecule has 0 unspecified atom stereocenters. The van der Waals surface area contributed by atoms with Crippen molar-refractivity contribution in [3.63, 3.8) is 0 Å². The fourth-order valence-electron chi connectivity index (χ4n) is 2.54. The van der Waals surface area contributed by atoms with Crippen LogP contribution in [0.3, 0.4) is 0 Å². The predicted molar refractivity (Wildman–Crippen MR) is 94.4 cm³/mol. The second-order valence-corrected chi connectivity index (χ2v) is 5.44. The van der Waals surface area contributed by atoms with E-state index in [1.54, 1.807) is 6.21 Å². The fraction of sp³-hybridized carbons (Fsp3) is 0.316. The van der Waals surface area contributed by atoms with Crippen LogP contribution < -0.4 is 4.90 Å². The topological polar surface area (TPSA) is 29.3 Å². The summed E-state index contributed by atoms with van der Waals surface area (Å²) < 4.78 is 0.953. The number of hydrogen-bond donors (Lipinski definition) is 0. The number of benzene rings is 2. The van der Waals surface area contributed by atoms with Gasteiger partial charge >= 0.3 is 0 Å². The Bertz CT molecular complexity index is 656. The number of anilines is 1. The first kappa shape index (κ1) is 16.1. The number of hydrogen-bond acceptors (Lipinski definition) is 2. The maximum absolute atomic E-state index is 12.4. The van der Waals surface area contributed by atoms with E-state index < -0.39 is 0 Å². The van der Waals surface area contributed by atoms with Gasteiger partial charge in [-0.15, -0.1) is 0 Å². The summed E-state index contributed by atoms with van der Waals surface area (Å²) in [6.45, 7) is 10.2. The van der Waals surface area contributed by atoms with Gasteiger partial charge in [-0.05, 0) is 57.5 Å². The van der Waals surface area contributed by atoms with Gasteiger partial charge in [0.2, 0.25) is 5.69 Å². The third kappa shape index (κ3) is 3.48. The minimum Gasteiger partial charge on any atom is -0.618 e. The molecule has 2 aromatic rings. The highest BCUT2D eigenvalue weighted by Gasteiger charge is 2.08. The molecule has 0 saturated heterocycles. The van der Waals surface area contributed by atoms with Crippen LogP contribution in [-0.4, -0.2) is 24.0 Å². The van der Waals surface area contributed by atoms with Gasteiger partial charge in [0.05, 0.1) is 0 Å². The predicted octanol–water partition coefficient (Wildman–Crippen LogP) is 4.41. The van der Waals surface area contributed by atoms with Crippen LogP contribution in [0.1, 0.15) is 30.5 Å². The first-order chi connectivity index (χ1) is 10.6. The molecule has 2 aromatic carbocycles. The first-order valence-electron chi connectivity index (χ1n) is 7.79. The third-order valence-corrected chi connectivity index (χ3v) is 4.10. The number of nitrogens with zero attached hydrogens (tertiary/aromatic N) is 2. The zero-order chi connectivity index (χ0) is 16.1. The van der Waals surface area contributed by atoms with Gasteiger partial charge in [-0.25, -0.2) is 0 Å². The lowest BCUT2D eigenvalue weighted by molar-refractivity contribution is -0.355. The van der Waals surface area contributed by atoms with E-state index in [4.69, 9.17) is 0 Å². The van der Waals surface area contributed by atoms with E-state index in [1.807, 2.05) is 44.2 Å². The Balaban J connectivity index is 2.27. The smallest absolute Gasteiger partial charge is 0.219 e. The molecule has 0 aromatic heterocycles. The summed E-state index contributed by atoms with van der Waals surface area (Å²) in [4.78, 5) is 2.28. The van der Waals surface area contributed by atoms with E-state index in [9.17, 15) is 5.21 Å². The van der Waals surface area contributed by atoms with Crippen LogP contribution in [0.2, 0.25) is 0 Å². The molecule has 0 saturated carbocycles. The Morgan fingerprint density at radius 3 is 2.23 bits per heavy atom. The SMILES string of the molecule is CCN(CC)c1ccc(C=[N+]([O-])c2cccc(C)c2C)cc1. The maximum Gasteiger partial charge on any atom is 0.219 e. The van der Waals surface area contributed by atoms with Crippen LogP contribution in [0.5, 0.6) is 0 Å². The van der Waals surface area contributed by atoms with Gasteiger partial charge in [0.1, 0.15) is 0 Å². The van der Waals surface area contributed by atoms with E-state index in [-0.39, 0.29) is 0 Å². The van der Waals surface area contributed by atoms with Crippen molar-refractivity contribution in [1.82, 2.24) is 0 Å². The molecule has 0 radical (unpaired) electrons. The van der Waals surface area contributed by atoms with Crippen molar-refractivity contribution in [1.29, 1.82) is 0 Å². The van der Waals surface area contributed by atoms with Crippen LogP contribution in [0.15, 0.2) is 42.5 Å². The highest BCUT2D eigenvalue weighted by Crippen LogP contribution is 2.21. The van der Waals surface area contributed by atoms with Crippen molar-refractivity contribution >= 4 is 17.6 Å². The molecule has 0 heterocycles. The van der Waals surface area contributed by atoms with Gasteiger partial charge in [-0.1, -0.05) is 12.1 Å². The second-order valence-electron chi connectivity index (χ2n) is 5.44. The van der Waals surface area contributed by atoms with Crippen LogP contribution in [-0.2, 0) is 0 Å². The highest BCUT2D eigenvalue weighted by molar-refractivity contribution is 5.77. The van der Waals surface area contributed by atoms with E-state index in [0.29, 0.717) is 5.69 Å². The zero-order valence-corrected chi connectivity index (χ0v) is 13.8. The van der Waals surface area contributed by atoms with E-state index in [2.05, 4.69) is 30.9 Å². The van der Waals surface area contributed by atoms with Crippen molar-refractivity contribution in [3.8, 4) is 0 Å². The lowest BCUT2D eigenvalue weighted by atomic mass is 10.1. The summed E-state index contributed by atoms with van der Waals surface area (Å²) in [5.41, 5.74) is 4.95. The van der Waals surface area contributed by atoms with Crippen LogP contribution in [0.25, 0.3) is 0 Å². The standard InChI is InChI=1S/C19H24N2O/c1-5-20(6-2)18-12-10-17(11-13-18)14-21(22)19-9-7-8-15(3)16(19)4/h7-14H,5-6H2,1-4H3. The van der Waals surface area contributed by atoms with Crippen LogP contribution >= 0.6 is 0 Å². The molecule has 3 heteroatoms. The second kappa shape index (κ2) is 7.12. The van der Waals surface area contributed by atoms with Crippen molar-refractivity contribution in [3.05, 3.63) is 64.4 Å². The van der Waals surface area contributed by atoms with Crippen molar-refractivity contribution in [2.75, 3.05) is 18.0 Å². The Morgan fingerprint density at radius 1 is 1.00 bits per heavy atom. The Labute approximate surface area is 133 Å². The largest absolute Gasteiger partial charge is 0.618 e. The summed E-state index contributed by atoms with van der Waals surface area (Å²) in [6, 6.07) is 13.9. The molecule has 0 aliphatic heterocycles. The average molecular weight is 296 g/mol. The summed E-state index contributed by atoms with van der Waals surface area (Å²) in [5, 5.41) is 12.4. The summed E-state index contributed by atoms with van der Waals surface area (Å²) in [7, 11) is 0. The molecule has 0 bridgehead atoms. The van der Waals surface area contributed by atoms with Gasteiger partial charge in [0.15, 0.2) is 6.21 Å².